The lowest BCUT2D eigenvalue weighted by Gasteiger charge is -2.35. The summed E-state index contributed by atoms with van der Waals surface area (Å²) in [5.74, 6) is -0.336. The van der Waals surface area contributed by atoms with Gasteiger partial charge in [-0.05, 0) is 41.3 Å². The van der Waals surface area contributed by atoms with Gasteiger partial charge >= 0.3 is 5.97 Å². The van der Waals surface area contributed by atoms with Crippen molar-refractivity contribution in [2.24, 2.45) is 5.92 Å². The fourth-order valence-electron chi connectivity index (χ4n) is 2.72. The summed E-state index contributed by atoms with van der Waals surface area (Å²) < 4.78 is 18.4. The van der Waals surface area contributed by atoms with E-state index < -0.39 is 0 Å². The van der Waals surface area contributed by atoms with Crippen LogP contribution in [0.3, 0.4) is 0 Å². The second kappa shape index (κ2) is 6.30. The quantitative estimate of drug-likeness (QED) is 0.773. The van der Waals surface area contributed by atoms with Crippen molar-refractivity contribution in [3.05, 3.63) is 71.0 Å². The van der Waals surface area contributed by atoms with Crippen molar-refractivity contribution in [2.75, 3.05) is 7.11 Å². The van der Waals surface area contributed by atoms with Crippen molar-refractivity contribution in [1.82, 2.24) is 0 Å². The highest BCUT2D eigenvalue weighted by Crippen LogP contribution is 2.39. The molecule has 0 saturated carbocycles. The number of esters is 1. The number of hydrogen-bond acceptors (Lipinski definition) is 2. The predicted molar refractivity (Wildman–Crippen MR) is 85.5 cm³/mol. The maximum Gasteiger partial charge on any atom is 0.337 e. The number of benzene rings is 2. The molecule has 0 N–H and O–H groups in total. The molecule has 0 spiro atoms. The van der Waals surface area contributed by atoms with Crippen molar-refractivity contribution in [3.8, 4) is 0 Å². The summed E-state index contributed by atoms with van der Waals surface area (Å²) in [7, 11) is 1.36. The van der Waals surface area contributed by atoms with Crippen LogP contribution in [0.5, 0.6) is 0 Å². The molecule has 0 aromatic heterocycles. The molecule has 0 aliphatic carbocycles. The van der Waals surface area contributed by atoms with Gasteiger partial charge in [-0.1, -0.05) is 45.0 Å². The van der Waals surface area contributed by atoms with Gasteiger partial charge in [-0.15, -0.1) is 0 Å². The molecule has 116 valence electrons. The van der Waals surface area contributed by atoms with Gasteiger partial charge in [-0.2, -0.15) is 0 Å². The minimum absolute atomic E-state index is 0.240. The van der Waals surface area contributed by atoms with Crippen LogP contribution in [0.2, 0.25) is 0 Å². The Balaban J connectivity index is 2.50. The van der Waals surface area contributed by atoms with Gasteiger partial charge in [-0.25, -0.2) is 9.18 Å². The third kappa shape index (κ3) is 2.89. The van der Waals surface area contributed by atoms with Gasteiger partial charge in [0.25, 0.3) is 0 Å². The zero-order valence-electron chi connectivity index (χ0n) is 13.4. The largest absolute Gasteiger partial charge is 0.465 e. The van der Waals surface area contributed by atoms with Gasteiger partial charge < -0.3 is 4.74 Å². The SMILES string of the molecule is COC(=O)c1ccc(C(C)(c2cccc(F)c2)C(C)C)cc1. The molecule has 0 fully saturated rings. The van der Waals surface area contributed by atoms with E-state index in [-0.39, 0.29) is 23.1 Å². The third-order valence-electron chi connectivity index (χ3n) is 4.48. The van der Waals surface area contributed by atoms with E-state index in [2.05, 4.69) is 20.8 Å². The fraction of sp³-hybridized carbons (Fsp3) is 0.316. The van der Waals surface area contributed by atoms with Crippen LogP contribution in [0.25, 0.3) is 0 Å². The lowest BCUT2D eigenvalue weighted by Crippen LogP contribution is -2.30. The van der Waals surface area contributed by atoms with E-state index in [1.807, 2.05) is 18.2 Å². The topological polar surface area (TPSA) is 26.3 Å². The highest BCUT2D eigenvalue weighted by molar-refractivity contribution is 5.89. The number of rotatable bonds is 4. The lowest BCUT2D eigenvalue weighted by molar-refractivity contribution is 0.0600. The Kier molecular flexibility index (Phi) is 4.65. The van der Waals surface area contributed by atoms with Gasteiger partial charge in [0, 0.05) is 5.41 Å². The molecule has 22 heavy (non-hydrogen) atoms. The van der Waals surface area contributed by atoms with Crippen LogP contribution < -0.4 is 0 Å². The van der Waals surface area contributed by atoms with Gasteiger partial charge in [0.15, 0.2) is 0 Å². The van der Waals surface area contributed by atoms with E-state index in [4.69, 9.17) is 4.74 Å². The van der Waals surface area contributed by atoms with Crippen LogP contribution in [0.15, 0.2) is 48.5 Å². The fourth-order valence-corrected chi connectivity index (χ4v) is 2.72. The summed E-state index contributed by atoms with van der Waals surface area (Å²) in [4.78, 5) is 11.6. The van der Waals surface area contributed by atoms with E-state index in [1.165, 1.54) is 13.2 Å². The molecule has 0 aliphatic heterocycles. The Labute approximate surface area is 130 Å². The molecule has 1 atom stereocenters. The van der Waals surface area contributed by atoms with Crippen molar-refractivity contribution in [1.29, 1.82) is 0 Å². The molecule has 1 unspecified atom stereocenters. The lowest BCUT2D eigenvalue weighted by atomic mass is 9.68. The van der Waals surface area contributed by atoms with Crippen molar-refractivity contribution < 1.29 is 13.9 Å². The van der Waals surface area contributed by atoms with Crippen LogP contribution in [0.1, 0.15) is 42.3 Å². The van der Waals surface area contributed by atoms with Crippen LogP contribution in [-0.4, -0.2) is 13.1 Å². The van der Waals surface area contributed by atoms with Crippen LogP contribution in [0, 0.1) is 11.7 Å². The zero-order chi connectivity index (χ0) is 16.3. The standard InChI is InChI=1S/C19H21FO2/c1-13(2)19(3,16-6-5-7-17(20)12-16)15-10-8-14(9-11-15)18(21)22-4/h5-13H,1-4H3. The first kappa shape index (κ1) is 16.2. The highest BCUT2D eigenvalue weighted by Gasteiger charge is 2.32. The Hall–Kier alpha value is -2.16. The monoisotopic (exact) mass is 300 g/mol. The Morgan fingerprint density at radius 1 is 1.09 bits per heavy atom. The van der Waals surface area contributed by atoms with Gasteiger partial charge in [-0.3, -0.25) is 0 Å². The third-order valence-corrected chi connectivity index (χ3v) is 4.48. The number of halogens is 1. The first-order chi connectivity index (χ1) is 10.4. The molecule has 2 nitrogen and oxygen atoms in total. The number of carbonyl (C=O) groups is 1. The summed E-state index contributed by atoms with van der Waals surface area (Å²) in [5.41, 5.74) is 2.14. The predicted octanol–water partition coefficient (Wildman–Crippen LogP) is 4.57. The molecule has 0 radical (unpaired) electrons. The molecule has 2 aromatic carbocycles. The van der Waals surface area contributed by atoms with Crippen LogP contribution in [-0.2, 0) is 10.2 Å². The van der Waals surface area contributed by atoms with Gasteiger partial charge in [0.05, 0.1) is 12.7 Å². The molecule has 2 rings (SSSR count). The second-order valence-electron chi connectivity index (χ2n) is 5.94. The molecule has 0 heterocycles. The molecule has 3 heteroatoms. The summed E-state index contributed by atoms with van der Waals surface area (Å²) in [6, 6.07) is 14.0. The first-order valence-corrected chi connectivity index (χ1v) is 7.34. The van der Waals surface area contributed by atoms with E-state index in [0.717, 1.165) is 11.1 Å². The minimum atomic E-state index is -0.358. The van der Waals surface area contributed by atoms with Gasteiger partial charge in [0.2, 0.25) is 0 Å². The number of ether oxygens (including phenoxy) is 1. The Morgan fingerprint density at radius 2 is 1.73 bits per heavy atom. The maximum absolute atomic E-state index is 13.6. The van der Waals surface area contributed by atoms with Crippen molar-refractivity contribution in [3.63, 3.8) is 0 Å². The Bertz CT molecular complexity index is 661. The first-order valence-electron chi connectivity index (χ1n) is 7.34. The maximum atomic E-state index is 13.6. The number of carbonyl (C=O) groups excluding carboxylic acids is 1. The molecule has 0 amide bonds. The number of methoxy groups -OCH3 is 1. The molecular formula is C19H21FO2. The molecule has 0 aliphatic rings. The van der Waals surface area contributed by atoms with Crippen LogP contribution >= 0.6 is 0 Å². The van der Waals surface area contributed by atoms with Crippen LogP contribution in [0.4, 0.5) is 4.39 Å². The smallest absolute Gasteiger partial charge is 0.337 e. The average Bonchev–Trinajstić information content (AvgIpc) is 2.53. The summed E-state index contributed by atoms with van der Waals surface area (Å²) in [6.07, 6.45) is 0. The van der Waals surface area contributed by atoms with Gasteiger partial charge in [0.1, 0.15) is 5.82 Å². The van der Waals surface area contributed by atoms with E-state index >= 15 is 0 Å². The molecule has 0 bridgehead atoms. The molecule has 2 aromatic rings. The van der Waals surface area contributed by atoms with E-state index in [9.17, 15) is 9.18 Å². The minimum Gasteiger partial charge on any atom is -0.465 e. The highest BCUT2D eigenvalue weighted by atomic mass is 19.1. The Morgan fingerprint density at radius 3 is 2.23 bits per heavy atom. The van der Waals surface area contributed by atoms with E-state index in [0.29, 0.717) is 5.56 Å². The second-order valence-corrected chi connectivity index (χ2v) is 5.94. The molecule has 0 saturated heterocycles. The van der Waals surface area contributed by atoms with Crippen molar-refractivity contribution >= 4 is 5.97 Å². The van der Waals surface area contributed by atoms with E-state index in [1.54, 1.807) is 24.3 Å². The summed E-state index contributed by atoms with van der Waals surface area (Å²) >= 11 is 0. The summed E-state index contributed by atoms with van der Waals surface area (Å²) in [6.45, 7) is 6.32. The molecular weight excluding hydrogens is 279 g/mol. The zero-order valence-corrected chi connectivity index (χ0v) is 13.4. The average molecular weight is 300 g/mol. The normalized spacial score (nSPS) is 13.7. The summed E-state index contributed by atoms with van der Waals surface area (Å²) in [5, 5.41) is 0. The van der Waals surface area contributed by atoms with Crippen molar-refractivity contribution in [2.45, 2.75) is 26.2 Å². The number of hydrogen-bond donors (Lipinski definition) is 0.